The first-order valence-corrected chi connectivity index (χ1v) is 6.93. The molecular formula is C13H12Cl2N2O3. The number of hydrogen-bond acceptors (Lipinski definition) is 3. The topological polar surface area (TPSA) is 58.6 Å². The number of imide groups is 1. The zero-order valence-electron chi connectivity index (χ0n) is 10.5. The molecule has 2 aliphatic heterocycles. The third kappa shape index (κ3) is 2.16. The number of nitrogens with zero attached hydrogens (tertiary/aromatic N) is 1. The fourth-order valence-corrected chi connectivity index (χ4v) is 2.86. The lowest BCUT2D eigenvalue weighted by Gasteiger charge is -2.18. The molecule has 5 nitrogen and oxygen atoms in total. The smallest absolute Gasteiger partial charge is 0.325 e. The maximum absolute atomic E-state index is 12.4. The Bertz CT molecular complexity index is 585. The van der Waals surface area contributed by atoms with Crippen LogP contribution in [0.15, 0.2) is 18.2 Å². The summed E-state index contributed by atoms with van der Waals surface area (Å²) in [4.78, 5) is 25.6. The van der Waals surface area contributed by atoms with Crippen LogP contribution in [-0.4, -0.2) is 35.6 Å². The second-order valence-electron chi connectivity index (χ2n) is 4.94. The third-order valence-electron chi connectivity index (χ3n) is 3.60. The fourth-order valence-electron chi connectivity index (χ4n) is 2.49. The molecule has 0 radical (unpaired) electrons. The SMILES string of the molecule is O=C1N[C@]2(CCOC2)C(=O)N1Cc1cc(Cl)ccc1Cl. The lowest BCUT2D eigenvalue weighted by Crippen LogP contribution is -2.47. The van der Waals surface area contributed by atoms with E-state index >= 15 is 0 Å². The Morgan fingerprint density at radius 3 is 2.85 bits per heavy atom. The summed E-state index contributed by atoms with van der Waals surface area (Å²) in [6, 6.07) is 4.54. The molecule has 2 heterocycles. The van der Waals surface area contributed by atoms with Gasteiger partial charge in [0, 0.05) is 23.1 Å². The highest BCUT2D eigenvalue weighted by Crippen LogP contribution is 2.29. The van der Waals surface area contributed by atoms with Gasteiger partial charge in [0.15, 0.2) is 0 Å². The number of ether oxygens (including phenoxy) is 1. The zero-order valence-corrected chi connectivity index (χ0v) is 12.0. The van der Waals surface area contributed by atoms with E-state index in [1.807, 2.05) is 0 Å². The van der Waals surface area contributed by atoms with Crippen LogP contribution in [0.1, 0.15) is 12.0 Å². The number of amides is 3. The molecule has 0 unspecified atom stereocenters. The van der Waals surface area contributed by atoms with Gasteiger partial charge in [-0.05, 0) is 23.8 Å². The van der Waals surface area contributed by atoms with Gasteiger partial charge in [0.2, 0.25) is 0 Å². The van der Waals surface area contributed by atoms with Crippen LogP contribution < -0.4 is 5.32 Å². The third-order valence-corrected chi connectivity index (χ3v) is 4.21. The Kier molecular flexibility index (Phi) is 3.36. The van der Waals surface area contributed by atoms with Crippen LogP contribution in [0.4, 0.5) is 4.79 Å². The molecular weight excluding hydrogens is 303 g/mol. The lowest BCUT2D eigenvalue weighted by atomic mass is 9.99. The van der Waals surface area contributed by atoms with E-state index in [0.29, 0.717) is 28.6 Å². The van der Waals surface area contributed by atoms with Crippen molar-refractivity contribution >= 4 is 35.1 Å². The number of carbonyl (C=O) groups is 2. The molecule has 2 saturated heterocycles. The largest absolute Gasteiger partial charge is 0.378 e. The normalized spacial score (nSPS) is 25.6. The predicted molar refractivity (Wildman–Crippen MR) is 73.7 cm³/mol. The summed E-state index contributed by atoms with van der Waals surface area (Å²) >= 11 is 12.0. The second kappa shape index (κ2) is 4.91. The minimum Gasteiger partial charge on any atom is -0.378 e. The molecule has 0 aromatic heterocycles. The molecule has 20 heavy (non-hydrogen) atoms. The summed E-state index contributed by atoms with van der Waals surface area (Å²) in [5.41, 5.74) is -0.263. The molecule has 0 bridgehead atoms. The quantitative estimate of drug-likeness (QED) is 0.851. The zero-order chi connectivity index (χ0) is 14.3. The molecule has 3 amide bonds. The van der Waals surface area contributed by atoms with Crippen molar-refractivity contribution in [3.63, 3.8) is 0 Å². The number of benzene rings is 1. The van der Waals surface area contributed by atoms with Gasteiger partial charge < -0.3 is 10.1 Å². The van der Waals surface area contributed by atoms with Crippen molar-refractivity contribution in [2.75, 3.05) is 13.2 Å². The van der Waals surface area contributed by atoms with Gasteiger partial charge in [-0.2, -0.15) is 0 Å². The Hall–Kier alpha value is -1.30. The van der Waals surface area contributed by atoms with Crippen molar-refractivity contribution < 1.29 is 14.3 Å². The lowest BCUT2D eigenvalue weighted by molar-refractivity contribution is -0.131. The summed E-state index contributed by atoms with van der Waals surface area (Å²) in [7, 11) is 0. The number of nitrogens with one attached hydrogen (secondary N) is 1. The monoisotopic (exact) mass is 314 g/mol. The van der Waals surface area contributed by atoms with E-state index in [0.717, 1.165) is 4.90 Å². The summed E-state index contributed by atoms with van der Waals surface area (Å²) in [6.45, 7) is 0.793. The van der Waals surface area contributed by atoms with E-state index in [9.17, 15) is 9.59 Å². The minimum absolute atomic E-state index is 0.103. The van der Waals surface area contributed by atoms with Crippen molar-refractivity contribution in [3.8, 4) is 0 Å². The summed E-state index contributed by atoms with van der Waals surface area (Å²) in [5, 5.41) is 3.70. The van der Waals surface area contributed by atoms with Gasteiger partial charge in [0.05, 0.1) is 13.2 Å². The van der Waals surface area contributed by atoms with E-state index in [-0.39, 0.29) is 19.1 Å². The Morgan fingerprint density at radius 1 is 1.35 bits per heavy atom. The van der Waals surface area contributed by atoms with Gasteiger partial charge in [0.1, 0.15) is 5.54 Å². The summed E-state index contributed by atoms with van der Waals surface area (Å²) in [6.07, 6.45) is 0.497. The molecule has 1 atom stereocenters. The number of rotatable bonds is 2. The first kappa shape index (κ1) is 13.7. The van der Waals surface area contributed by atoms with E-state index in [1.54, 1.807) is 18.2 Å². The molecule has 106 valence electrons. The Labute approximate surface area is 125 Å². The number of urea groups is 1. The van der Waals surface area contributed by atoms with Crippen LogP contribution in [0.2, 0.25) is 10.0 Å². The average molecular weight is 315 g/mol. The first-order chi connectivity index (χ1) is 9.52. The maximum atomic E-state index is 12.4. The first-order valence-electron chi connectivity index (χ1n) is 6.18. The number of carbonyl (C=O) groups excluding carboxylic acids is 2. The molecule has 0 saturated carbocycles. The minimum atomic E-state index is -0.901. The van der Waals surface area contributed by atoms with Crippen molar-refractivity contribution in [2.45, 2.75) is 18.5 Å². The van der Waals surface area contributed by atoms with Gasteiger partial charge in [-0.25, -0.2) is 4.79 Å². The van der Waals surface area contributed by atoms with Gasteiger partial charge >= 0.3 is 6.03 Å². The van der Waals surface area contributed by atoms with Gasteiger partial charge in [-0.15, -0.1) is 0 Å². The molecule has 2 aliphatic rings. The molecule has 1 aromatic rings. The van der Waals surface area contributed by atoms with Crippen molar-refractivity contribution in [3.05, 3.63) is 33.8 Å². The molecule has 1 aromatic carbocycles. The summed E-state index contributed by atoms with van der Waals surface area (Å²) in [5.74, 6) is -0.268. The highest BCUT2D eigenvalue weighted by molar-refractivity contribution is 6.33. The van der Waals surface area contributed by atoms with Gasteiger partial charge in [-0.1, -0.05) is 23.2 Å². The summed E-state index contributed by atoms with van der Waals surface area (Å²) < 4.78 is 5.23. The Balaban J connectivity index is 1.86. The van der Waals surface area contributed by atoms with Crippen LogP contribution in [0.5, 0.6) is 0 Å². The van der Waals surface area contributed by atoms with Gasteiger partial charge in [-0.3, -0.25) is 9.69 Å². The van der Waals surface area contributed by atoms with Crippen molar-refractivity contribution in [1.29, 1.82) is 0 Å². The molecule has 7 heteroatoms. The highest BCUT2D eigenvalue weighted by atomic mass is 35.5. The maximum Gasteiger partial charge on any atom is 0.325 e. The van der Waals surface area contributed by atoms with Crippen LogP contribution in [0.3, 0.4) is 0 Å². The van der Waals surface area contributed by atoms with E-state index in [2.05, 4.69) is 5.32 Å². The van der Waals surface area contributed by atoms with Gasteiger partial charge in [0.25, 0.3) is 5.91 Å². The van der Waals surface area contributed by atoms with E-state index < -0.39 is 11.6 Å². The second-order valence-corrected chi connectivity index (χ2v) is 5.79. The van der Waals surface area contributed by atoms with Crippen LogP contribution >= 0.6 is 23.2 Å². The molecule has 0 aliphatic carbocycles. The molecule has 1 spiro atoms. The van der Waals surface area contributed by atoms with Crippen LogP contribution in [0.25, 0.3) is 0 Å². The van der Waals surface area contributed by atoms with Crippen molar-refractivity contribution in [1.82, 2.24) is 10.2 Å². The van der Waals surface area contributed by atoms with Crippen molar-refractivity contribution in [2.24, 2.45) is 0 Å². The molecule has 3 rings (SSSR count). The van der Waals surface area contributed by atoms with E-state index in [4.69, 9.17) is 27.9 Å². The number of halogens is 2. The van der Waals surface area contributed by atoms with E-state index in [1.165, 1.54) is 0 Å². The molecule has 1 N–H and O–H groups in total. The molecule has 2 fully saturated rings. The fraction of sp³-hybridized carbons (Fsp3) is 0.385. The Morgan fingerprint density at radius 2 is 2.15 bits per heavy atom. The standard InChI is InChI=1S/C13H12Cl2N2O3/c14-9-1-2-10(15)8(5-9)6-17-11(18)13(16-12(17)19)3-4-20-7-13/h1-2,5H,3-4,6-7H2,(H,16,19)/t13-/m0/s1. The van der Waals surface area contributed by atoms with Crippen LogP contribution in [0, 0.1) is 0 Å². The average Bonchev–Trinajstić information content (AvgIpc) is 2.96. The van der Waals surface area contributed by atoms with Crippen LogP contribution in [-0.2, 0) is 16.1 Å². The predicted octanol–water partition coefficient (Wildman–Crippen LogP) is 2.20. The number of hydrogen-bond donors (Lipinski definition) is 1. The highest BCUT2D eigenvalue weighted by Gasteiger charge is 2.53.